The lowest BCUT2D eigenvalue weighted by molar-refractivity contribution is 0.0991. The smallest absolute Gasteiger partial charge is 0.248 e. The first-order valence-corrected chi connectivity index (χ1v) is 20.8. The minimum atomic E-state index is -0.595. The van der Waals surface area contributed by atoms with Crippen molar-refractivity contribution in [3.63, 3.8) is 0 Å². The zero-order valence-corrected chi connectivity index (χ0v) is 36.3. The molecule has 17 heteroatoms. The van der Waals surface area contributed by atoms with Crippen molar-refractivity contribution < 1.29 is 23.8 Å². The molecule has 2 amide bonds. The fourth-order valence-corrected chi connectivity index (χ4v) is 8.26. The molecule has 0 radical (unpaired) electrons. The van der Waals surface area contributed by atoms with Gasteiger partial charge in [-0.25, -0.2) is 19.9 Å². The SMILES string of the molecule is CCn1nc(C)cc1-c1ncc2c3cc(C(N)=O)cc(OC)c3n(C/C=C/Cn3c4nc(-c5cc(C)nn5CC)ncc4c4cc(C(N)=O)cc(OCc5ccc(OC)cc5)c43)c2n1. The number of hydrogen-bond acceptors (Lipinski definition) is 11. The number of aromatic nitrogens is 10. The molecule has 0 saturated heterocycles. The molecular weight excluding hydrogens is 813 g/mol. The Hall–Kier alpha value is -8.08. The summed E-state index contributed by atoms with van der Waals surface area (Å²) in [7, 11) is 3.18. The summed E-state index contributed by atoms with van der Waals surface area (Å²) in [6.07, 6.45) is 7.61. The van der Waals surface area contributed by atoms with Crippen molar-refractivity contribution in [1.29, 1.82) is 0 Å². The summed E-state index contributed by atoms with van der Waals surface area (Å²) >= 11 is 0. The number of carbonyl (C=O) groups excluding carboxylic acids is 2. The number of methoxy groups -OCH3 is 2. The quantitative estimate of drug-likeness (QED) is 0.101. The predicted molar refractivity (Wildman–Crippen MR) is 243 cm³/mol. The van der Waals surface area contributed by atoms with Crippen molar-refractivity contribution in [2.24, 2.45) is 11.5 Å². The zero-order valence-electron chi connectivity index (χ0n) is 36.3. The average Bonchev–Trinajstić information content (AvgIpc) is 4.06. The molecule has 17 nitrogen and oxygen atoms in total. The number of amides is 2. The molecule has 6 heterocycles. The number of hydrogen-bond donors (Lipinski definition) is 2. The molecule has 0 fully saturated rings. The van der Waals surface area contributed by atoms with Gasteiger partial charge in [0.05, 0.1) is 36.6 Å². The van der Waals surface area contributed by atoms with Crippen LogP contribution in [-0.2, 0) is 32.8 Å². The maximum Gasteiger partial charge on any atom is 0.248 e. The largest absolute Gasteiger partial charge is 0.497 e. The molecule has 64 heavy (non-hydrogen) atoms. The lowest BCUT2D eigenvalue weighted by Gasteiger charge is -2.13. The molecule has 0 saturated carbocycles. The minimum Gasteiger partial charge on any atom is -0.497 e. The van der Waals surface area contributed by atoms with Crippen molar-refractivity contribution in [3.8, 4) is 40.3 Å². The van der Waals surface area contributed by atoms with Gasteiger partial charge in [-0.2, -0.15) is 10.2 Å². The maximum absolute atomic E-state index is 12.8. The maximum atomic E-state index is 12.8. The third-order valence-corrected chi connectivity index (χ3v) is 11.3. The first-order valence-electron chi connectivity index (χ1n) is 20.8. The van der Waals surface area contributed by atoms with Crippen molar-refractivity contribution in [2.45, 2.75) is 60.5 Å². The standard InChI is InChI=1S/C47H46N12O5/c1-7-58-36(17-26(3)54-58)44-50-23-34-32-19-29(42(48)60)21-38(63-6)40(32)56(46(34)52-44)15-9-10-16-57-41-33(35-24-51-45(53-47(35)57)37-18-27(4)55-59(37)8-2)20-30(43(49)61)22-39(41)64-25-28-11-13-31(62-5)14-12-28/h9-14,17-24H,7-8,15-16,25H2,1-6H3,(H2,48,60)(H2,49,61)/b10-9+. The Morgan fingerprint density at radius 1 is 0.641 bits per heavy atom. The summed E-state index contributed by atoms with van der Waals surface area (Å²) in [5.41, 5.74) is 19.1. The van der Waals surface area contributed by atoms with Crippen LogP contribution in [0.1, 0.15) is 51.5 Å². The van der Waals surface area contributed by atoms with Crippen LogP contribution < -0.4 is 25.7 Å². The Labute approximate surface area is 366 Å². The topological polar surface area (TPSA) is 211 Å². The van der Waals surface area contributed by atoms with Gasteiger partial charge < -0.3 is 34.8 Å². The molecule has 324 valence electrons. The molecular formula is C47H46N12O5. The van der Waals surface area contributed by atoms with Crippen LogP contribution in [0.2, 0.25) is 0 Å². The Kier molecular flexibility index (Phi) is 10.7. The van der Waals surface area contributed by atoms with E-state index in [2.05, 4.69) is 14.8 Å². The number of benzene rings is 3. The fourth-order valence-electron chi connectivity index (χ4n) is 8.26. The van der Waals surface area contributed by atoms with Gasteiger partial charge in [0.2, 0.25) is 11.8 Å². The Morgan fingerprint density at radius 2 is 1.12 bits per heavy atom. The van der Waals surface area contributed by atoms with Crippen LogP contribution in [-0.4, -0.2) is 74.7 Å². The van der Waals surface area contributed by atoms with Crippen molar-refractivity contribution in [2.75, 3.05) is 14.2 Å². The highest BCUT2D eigenvalue weighted by atomic mass is 16.5. The third-order valence-electron chi connectivity index (χ3n) is 11.3. The monoisotopic (exact) mass is 858 g/mol. The Morgan fingerprint density at radius 3 is 1.58 bits per heavy atom. The molecule has 4 N–H and O–H groups in total. The number of aryl methyl sites for hydroxylation is 4. The molecule has 0 unspecified atom stereocenters. The molecule has 0 aliphatic heterocycles. The van der Waals surface area contributed by atoms with E-state index in [-0.39, 0.29) is 12.2 Å². The summed E-state index contributed by atoms with van der Waals surface area (Å²) in [6.45, 7) is 10.1. The second kappa shape index (κ2) is 16.7. The van der Waals surface area contributed by atoms with Crippen LogP contribution in [0.4, 0.5) is 0 Å². The average molecular weight is 859 g/mol. The van der Waals surface area contributed by atoms with Gasteiger partial charge in [0.15, 0.2) is 11.6 Å². The third kappa shape index (κ3) is 7.29. The highest BCUT2D eigenvalue weighted by Crippen LogP contribution is 2.38. The van der Waals surface area contributed by atoms with E-state index in [0.717, 1.165) is 50.4 Å². The van der Waals surface area contributed by atoms with E-state index in [1.165, 1.54) is 0 Å². The molecule has 0 aliphatic carbocycles. The number of primary amides is 2. The highest BCUT2D eigenvalue weighted by molar-refractivity contribution is 6.13. The van der Waals surface area contributed by atoms with Gasteiger partial charge in [-0.05, 0) is 81.8 Å². The summed E-state index contributed by atoms with van der Waals surface area (Å²) in [5.74, 6) is 1.48. The summed E-state index contributed by atoms with van der Waals surface area (Å²) < 4.78 is 25.6. The molecule has 9 aromatic rings. The van der Waals surface area contributed by atoms with E-state index >= 15 is 0 Å². The normalized spacial score (nSPS) is 11.8. The van der Waals surface area contributed by atoms with Gasteiger partial charge in [0, 0.05) is 71.2 Å². The number of allylic oxidation sites excluding steroid dienone is 2. The number of nitrogens with two attached hydrogens (primary N) is 2. The van der Waals surface area contributed by atoms with E-state index in [4.69, 9.17) is 45.6 Å². The minimum absolute atomic E-state index is 0.208. The molecule has 0 atom stereocenters. The fraction of sp³-hybridized carbons (Fsp3) is 0.234. The molecule has 9 rings (SSSR count). The van der Waals surface area contributed by atoms with E-state index < -0.39 is 11.8 Å². The van der Waals surface area contributed by atoms with Gasteiger partial charge in [-0.3, -0.25) is 19.0 Å². The van der Waals surface area contributed by atoms with Crippen molar-refractivity contribution >= 4 is 55.7 Å². The van der Waals surface area contributed by atoms with Crippen LogP contribution >= 0.6 is 0 Å². The van der Waals surface area contributed by atoms with E-state index in [1.54, 1.807) is 50.9 Å². The Bertz CT molecular complexity index is 3320. The zero-order chi connectivity index (χ0) is 44.8. The van der Waals surface area contributed by atoms with E-state index in [1.807, 2.05) is 90.2 Å². The number of fused-ring (bicyclic) bond motifs is 6. The lowest BCUT2D eigenvalue weighted by atomic mass is 10.1. The number of rotatable bonds is 15. The van der Waals surface area contributed by atoms with Crippen LogP contribution in [0, 0.1) is 13.8 Å². The second-order valence-corrected chi connectivity index (χ2v) is 15.3. The number of nitrogens with zero attached hydrogens (tertiary/aromatic N) is 10. The van der Waals surface area contributed by atoms with Crippen LogP contribution in [0.25, 0.3) is 66.9 Å². The molecule has 0 bridgehead atoms. The van der Waals surface area contributed by atoms with Crippen LogP contribution in [0.15, 0.2) is 85.2 Å². The highest BCUT2D eigenvalue weighted by Gasteiger charge is 2.23. The van der Waals surface area contributed by atoms with E-state index in [9.17, 15) is 9.59 Å². The van der Waals surface area contributed by atoms with E-state index in [0.29, 0.717) is 82.5 Å². The molecule has 6 aromatic heterocycles. The lowest BCUT2D eigenvalue weighted by Crippen LogP contribution is -2.11. The van der Waals surface area contributed by atoms with Crippen molar-refractivity contribution in [3.05, 3.63) is 113 Å². The summed E-state index contributed by atoms with van der Waals surface area (Å²) in [6, 6.07) is 18.3. The molecule has 3 aromatic carbocycles. The predicted octanol–water partition coefficient (Wildman–Crippen LogP) is 6.92. The number of carbonyl (C=O) groups is 2. The Balaban J connectivity index is 1.19. The van der Waals surface area contributed by atoms with Gasteiger partial charge in [0.1, 0.15) is 46.5 Å². The van der Waals surface area contributed by atoms with Gasteiger partial charge >= 0.3 is 0 Å². The molecule has 0 aliphatic rings. The molecule has 0 spiro atoms. The van der Waals surface area contributed by atoms with Crippen LogP contribution in [0.5, 0.6) is 17.2 Å². The first-order chi connectivity index (χ1) is 31.0. The first kappa shape index (κ1) is 41.3. The number of ether oxygens (including phenoxy) is 3. The summed E-state index contributed by atoms with van der Waals surface area (Å²) in [5, 5.41) is 12.1. The van der Waals surface area contributed by atoms with Gasteiger partial charge in [-0.1, -0.05) is 24.3 Å². The van der Waals surface area contributed by atoms with Crippen LogP contribution in [0.3, 0.4) is 0 Å². The van der Waals surface area contributed by atoms with Gasteiger partial charge in [0.25, 0.3) is 0 Å². The second-order valence-electron chi connectivity index (χ2n) is 15.3. The van der Waals surface area contributed by atoms with Crippen molar-refractivity contribution in [1.82, 2.24) is 48.6 Å². The summed E-state index contributed by atoms with van der Waals surface area (Å²) in [4.78, 5) is 45.1. The van der Waals surface area contributed by atoms with Gasteiger partial charge in [-0.15, -0.1) is 0 Å².